The highest BCUT2D eigenvalue weighted by Gasteiger charge is 2.18. The van der Waals surface area contributed by atoms with Gasteiger partial charge in [0.1, 0.15) is 0 Å². The van der Waals surface area contributed by atoms with Gasteiger partial charge < -0.3 is 5.73 Å². The molecule has 2 aromatic heterocycles. The van der Waals surface area contributed by atoms with Crippen LogP contribution in [0.1, 0.15) is 23.2 Å². The van der Waals surface area contributed by atoms with Gasteiger partial charge >= 0.3 is 0 Å². The molecule has 0 aliphatic rings. The Labute approximate surface area is 133 Å². The summed E-state index contributed by atoms with van der Waals surface area (Å²) in [4.78, 5) is 7.10. The Balaban J connectivity index is 2.29. The van der Waals surface area contributed by atoms with Gasteiger partial charge in [-0.3, -0.25) is 4.40 Å². The summed E-state index contributed by atoms with van der Waals surface area (Å²) in [6.07, 6.45) is 1.83. The van der Waals surface area contributed by atoms with Crippen LogP contribution in [0.5, 0.6) is 0 Å². The SMILES string of the molecule is CCc1sc2nc(C)c(CCN)n2c1-c1ccc(Cl)cc1. The summed E-state index contributed by atoms with van der Waals surface area (Å²) in [5.41, 5.74) is 10.5. The number of fused-ring (bicyclic) bond motifs is 1. The maximum Gasteiger partial charge on any atom is 0.194 e. The molecule has 0 aliphatic carbocycles. The zero-order valence-electron chi connectivity index (χ0n) is 12.2. The van der Waals surface area contributed by atoms with Crippen molar-refractivity contribution >= 4 is 27.9 Å². The van der Waals surface area contributed by atoms with Gasteiger partial charge in [-0.2, -0.15) is 0 Å². The second-order valence-electron chi connectivity index (χ2n) is 5.03. The maximum atomic E-state index is 6.02. The van der Waals surface area contributed by atoms with E-state index in [1.54, 1.807) is 11.3 Å². The summed E-state index contributed by atoms with van der Waals surface area (Å²) in [5.74, 6) is 0. The molecule has 3 aromatic rings. The van der Waals surface area contributed by atoms with Crippen LogP contribution >= 0.6 is 22.9 Å². The Morgan fingerprint density at radius 1 is 1.29 bits per heavy atom. The van der Waals surface area contributed by atoms with Crippen molar-refractivity contribution in [2.24, 2.45) is 5.73 Å². The smallest absolute Gasteiger partial charge is 0.194 e. The van der Waals surface area contributed by atoms with Crippen LogP contribution < -0.4 is 5.73 Å². The Kier molecular flexibility index (Phi) is 4.02. The Morgan fingerprint density at radius 3 is 2.62 bits per heavy atom. The minimum absolute atomic E-state index is 0.631. The molecule has 1 aromatic carbocycles. The summed E-state index contributed by atoms with van der Waals surface area (Å²) in [6.45, 7) is 4.87. The lowest BCUT2D eigenvalue weighted by Gasteiger charge is -2.07. The molecule has 3 rings (SSSR count). The molecule has 0 spiro atoms. The lowest BCUT2D eigenvalue weighted by atomic mass is 10.1. The van der Waals surface area contributed by atoms with E-state index in [4.69, 9.17) is 22.3 Å². The minimum Gasteiger partial charge on any atom is -0.330 e. The normalized spacial score (nSPS) is 11.4. The zero-order chi connectivity index (χ0) is 15.0. The zero-order valence-corrected chi connectivity index (χ0v) is 13.8. The summed E-state index contributed by atoms with van der Waals surface area (Å²) in [6, 6.07) is 8.02. The van der Waals surface area contributed by atoms with Crippen molar-refractivity contribution in [2.75, 3.05) is 6.54 Å². The molecule has 21 heavy (non-hydrogen) atoms. The molecular formula is C16H18ClN3S. The van der Waals surface area contributed by atoms with Crippen LogP contribution in [0.3, 0.4) is 0 Å². The van der Waals surface area contributed by atoms with Crippen LogP contribution in [0.25, 0.3) is 16.2 Å². The average Bonchev–Trinajstić information content (AvgIpc) is 2.97. The largest absolute Gasteiger partial charge is 0.330 e. The molecule has 0 fully saturated rings. The van der Waals surface area contributed by atoms with Gasteiger partial charge in [0, 0.05) is 22.0 Å². The Hall–Kier alpha value is -1.36. The van der Waals surface area contributed by atoms with E-state index in [2.05, 4.69) is 30.4 Å². The third kappa shape index (κ3) is 2.48. The van der Waals surface area contributed by atoms with E-state index >= 15 is 0 Å². The molecule has 0 amide bonds. The van der Waals surface area contributed by atoms with Crippen LogP contribution in [-0.2, 0) is 12.8 Å². The topological polar surface area (TPSA) is 43.3 Å². The molecule has 0 atom stereocenters. The molecule has 110 valence electrons. The molecule has 2 heterocycles. The fourth-order valence-corrected chi connectivity index (χ4v) is 3.96. The number of nitrogens with zero attached hydrogens (tertiary/aromatic N) is 2. The van der Waals surface area contributed by atoms with E-state index in [0.29, 0.717) is 6.54 Å². The molecule has 0 bridgehead atoms. The van der Waals surface area contributed by atoms with Crippen molar-refractivity contribution in [2.45, 2.75) is 26.7 Å². The molecule has 0 saturated carbocycles. The van der Waals surface area contributed by atoms with Gasteiger partial charge in [-0.25, -0.2) is 4.98 Å². The molecule has 0 unspecified atom stereocenters. The van der Waals surface area contributed by atoms with Crippen molar-refractivity contribution in [3.8, 4) is 11.3 Å². The lowest BCUT2D eigenvalue weighted by Crippen LogP contribution is -2.07. The summed E-state index contributed by atoms with van der Waals surface area (Å²) < 4.78 is 2.27. The second-order valence-corrected chi connectivity index (χ2v) is 6.53. The highest BCUT2D eigenvalue weighted by molar-refractivity contribution is 7.17. The van der Waals surface area contributed by atoms with Crippen LogP contribution in [0, 0.1) is 6.92 Å². The molecule has 3 nitrogen and oxygen atoms in total. The lowest BCUT2D eigenvalue weighted by molar-refractivity contribution is 0.897. The summed E-state index contributed by atoms with van der Waals surface area (Å²) >= 11 is 7.78. The van der Waals surface area contributed by atoms with Gasteiger partial charge in [-0.05, 0) is 37.6 Å². The quantitative estimate of drug-likeness (QED) is 0.787. The molecule has 5 heteroatoms. The van der Waals surface area contributed by atoms with Crippen molar-refractivity contribution in [3.05, 3.63) is 45.6 Å². The van der Waals surface area contributed by atoms with Crippen molar-refractivity contribution in [1.29, 1.82) is 0 Å². The monoisotopic (exact) mass is 319 g/mol. The fourth-order valence-electron chi connectivity index (χ4n) is 2.68. The van der Waals surface area contributed by atoms with Gasteiger partial charge in [0.05, 0.1) is 11.4 Å². The summed E-state index contributed by atoms with van der Waals surface area (Å²) in [5, 5.41) is 0.757. The number of nitrogens with two attached hydrogens (primary N) is 1. The van der Waals surface area contributed by atoms with Gasteiger partial charge in [-0.15, -0.1) is 11.3 Å². The van der Waals surface area contributed by atoms with Crippen LogP contribution in [-0.4, -0.2) is 15.9 Å². The van der Waals surface area contributed by atoms with Crippen LogP contribution in [0.15, 0.2) is 24.3 Å². The van der Waals surface area contributed by atoms with E-state index in [0.717, 1.165) is 28.5 Å². The molecular weight excluding hydrogens is 302 g/mol. The van der Waals surface area contributed by atoms with Crippen LogP contribution in [0.2, 0.25) is 5.02 Å². The first-order valence-corrected chi connectivity index (χ1v) is 8.30. The first-order chi connectivity index (χ1) is 10.2. The Morgan fingerprint density at radius 2 is 2.00 bits per heavy atom. The number of halogens is 1. The number of aryl methyl sites for hydroxylation is 2. The van der Waals surface area contributed by atoms with Crippen molar-refractivity contribution in [3.63, 3.8) is 0 Å². The first kappa shape index (κ1) is 14.6. The number of rotatable bonds is 4. The number of benzene rings is 1. The third-order valence-electron chi connectivity index (χ3n) is 3.66. The number of hydrogen-bond acceptors (Lipinski definition) is 3. The van der Waals surface area contributed by atoms with E-state index < -0.39 is 0 Å². The molecule has 2 N–H and O–H groups in total. The molecule has 0 aliphatic heterocycles. The predicted molar refractivity (Wildman–Crippen MR) is 90.4 cm³/mol. The highest BCUT2D eigenvalue weighted by atomic mass is 35.5. The summed E-state index contributed by atoms with van der Waals surface area (Å²) in [7, 11) is 0. The number of hydrogen-bond donors (Lipinski definition) is 1. The molecule has 0 radical (unpaired) electrons. The average molecular weight is 320 g/mol. The van der Waals surface area contributed by atoms with Crippen molar-refractivity contribution < 1.29 is 0 Å². The number of aromatic nitrogens is 2. The van der Waals surface area contributed by atoms with Gasteiger partial charge in [0.2, 0.25) is 0 Å². The third-order valence-corrected chi connectivity index (χ3v) is 5.10. The second kappa shape index (κ2) is 5.79. The minimum atomic E-state index is 0.631. The van der Waals surface area contributed by atoms with E-state index in [9.17, 15) is 0 Å². The van der Waals surface area contributed by atoms with Gasteiger partial charge in [0.25, 0.3) is 0 Å². The molecule has 0 saturated heterocycles. The van der Waals surface area contributed by atoms with E-state index in [-0.39, 0.29) is 0 Å². The fraction of sp³-hybridized carbons (Fsp3) is 0.312. The maximum absolute atomic E-state index is 6.02. The van der Waals surface area contributed by atoms with E-state index in [1.165, 1.54) is 21.8 Å². The number of imidazole rings is 1. The van der Waals surface area contributed by atoms with Crippen molar-refractivity contribution in [1.82, 2.24) is 9.38 Å². The Bertz CT molecular complexity index is 771. The standard InChI is InChI=1S/C16H18ClN3S/c1-3-14-15(11-4-6-12(17)7-5-11)20-13(8-9-18)10(2)19-16(20)21-14/h4-7H,3,8-9,18H2,1-2H3. The first-order valence-electron chi connectivity index (χ1n) is 7.11. The number of thiazole rings is 1. The van der Waals surface area contributed by atoms with Crippen LogP contribution in [0.4, 0.5) is 0 Å². The highest BCUT2D eigenvalue weighted by Crippen LogP contribution is 2.34. The van der Waals surface area contributed by atoms with Gasteiger partial charge in [0.15, 0.2) is 4.96 Å². The predicted octanol–water partition coefficient (Wildman–Crippen LogP) is 4.09. The van der Waals surface area contributed by atoms with E-state index in [1.807, 2.05) is 12.1 Å². The van der Waals surface area contributed by atoms with Gasteiger partial charge in [-0.1, -0.05) is 30.7 Å².